The molecule has 6 nitrogen and oxygen atoms in total. The van der Waals surface area contributed by atoms with Crippen LogP contribution in [0.5, 0.6) is 0 Å². The van der Waals surface area contributed by atoms with Crippen LogP contribution >= 0.6 is 11.6 Å². The SMILES string of the molecule is Nc1ncc(Cl)c(-c2cn(C(=O)C(O)c3ccccc3)c3ccccc23)n1. The van der Waals surface area contributed by atoms with Gasteiger partial charge in [0.1, 0.15) is 0 Å². The van der Waals surface area contributed by atoms with E-state index in [2.05, 4.69) is 9.97 Å². The van der Waals surface area contributed by atoms with Gasteiger partial charge in [-0.15, -0.1) is 0 Å². The predicted octanol–water partition coefficient (Wildman–Crippen LogP) is 3.71. The van der Waals surface area contributed by atoms with Gasteiger partial charge in [-0.25, -0.2) is 9.97 Å². The van der Waals surface area contributed by atoms with E-state index in [1.165, 1.54) is 10.8 Å². The molecular formula is C20H15ClN4O2. The molecule has 134 valence electrons. The molecule has 27 heavy (non-hydrogen) atoms. The van der Waals surface area contributed by atoms with Gasteiger partial charge in [-0.3, -0.25) is 9.36 Å². The fourth-order valence-corrected chi connectivity index (χ4v) is 3.22. The Balaban J connectivity index is 1.88. The van der Waals surface area contributed by atoms with E-state index in [0.717, 1.165) is 5.39 Å². The summed E-state index contributed by atoms with van der Waals surface area (Å²) < 4.78 is 1.41. The first-order valence-electron chi connectivity index (χ1n) is 8.22. The Morgan fingerprint density at radius 2 is 1.81 bits per heavy atom. The van der Waals surface area contributed by atoms with Crippen LogP contribution < -0.4 is 5.73 Å². The predicted molar refractivity (Wildman–Crippen MR) is 104 cm³/mol. The van der Waals surface area contributed by atoms with Crippen molar-refractivity contribution in [3.05, 3.63) is 77.6 Å². The van der Waals surface area contributed by atoms with Crippen LogP contribution in [0.4, 0.5) is 5.95 Å². The van der Waals surface area contributed by atoms with E-state index < -0.39 is 12.0 Å². The lowest BCUT2D eigenvalue weighted by molar-refractivity contribution is 0.0660. The van der Waals surface area contributed by atoms with Crippen molar-refractivity contribution < 1.29 is 9.90 Å². The number of hydrogen-bond acceptors (Lipinski definition) is 5. The summed E-state index contributed by atoms with van der Waals surface area (Å²) in [5, 5.41) is 11.6. The zero-order valence-corrected chi connectivity index (χ0v) is 14.8. The van der Waals surface area contributed by atoms with Gasteiger partial charge in [0.25, 0.3) is 5.91 Å². The van der Waals surface area contributed by atoms with Crippen LogP contribution in [-0.4, -0.2) is 25.5 Å². The second-order valence-electron chi connectivity index (χ2n) is 6.01. The van der Waals surface area contributed by atoms with Gasteiger partial charge in [0.05, 0.1) is 22.4 Å². The molecule has 0 bridgehead atoms. The maximum Gasteiger partial charge on any atom is 0.264 e. The molecule has 0 amide bonds. The Hall–Kier alpha value is -3.22. The second-order valence-corrected chi connectivity index (χ2v) is 6.41. The van der Waals surface area contributed by atoms with Crippen LogP contribution in [0.25, 0.3) is 22.2 Å². The Labute approximate surface area is 159 Å². The van der Waals surface area contributed by atoms with Crippen LogP contribution in [0.15, 0.2) is 67.0 Å². The molecule has 1 unspecified atom stereocenters. The minimum absolute atomic E-state index is 0.0851. The Bertz CT molecular complexity index is 1140. The van der Waals surface area contributed by atoms with Gasteiger partial charge in [-0.2, -0.15) is 0 Å². The molecule has 2 aromatic carbocycles. The van der Waals surface area contributed by atoms with E-state index in [9.17, 15) is 9.90 Å². The normalized spacial score (nSPS) is 12.2. The highest BCUT2D eigenvalue weighted by Crippen LogP contribution is 2.34. The molecule has 2 aromatic heterocycles. The molecule has 0 radical (unpaired) electrons. The molecule has 2 heterocycles. The molecule has 3 N–H and O–H groups in total. The van der Waals surface area contributed by atoms with Crippen molar-refractivity contribution in [2.24, 2.45) is 0 Å². The number of aliphatic hydroxyl groups is 1. The highest BCUT2D eigenvalue weighted by atomic mass is 35.5. The maximum atomic E-state index is 13.0. The summed E-state index contributed by atoms with van der Waals surface area (Å²) in [6.07, 6.45) is 1.75. The zero-order valence-electron chi connectivity index (χ0n) is 14.1. The molecule has 1 atom stereocenters. The fourth-order valence-electron chi connectivity index (χ4n) is 3.03. The number of para-hydroxylation sites is 1. The third-order valence-electron chi connectivity index (χ3n) is 4.32. The molecule has 4 aromatic rings. The number of aromatic nitrogens is 3. The van der Waals surface area contributed by atoms with E-state index in [0.29, 0.717) is 27.4 Å². The third kappa shape index (κ3) is 3.05. The number of nitrogens with zero attached hydrogens (tertiary/aromatic N) is 3. The molecule has 0 aliphatic rings. The Morgan fingerprint density at radius 1 is 1.11 bits per heavy atom. The van der Waals surface area contributed by atoms with Gasteiger partial charge in [-0.1, -0.05) is 60.1 Å². The third-order valence-corrected chi connectivity index (χ3v) is 4.59. The number of aliphatic hydroxyl groups excluding tert-OH is 1. The quantitative estimate of drug-likeness (QED) is 0.566. The number of rotatable bonds is 3. The number of fused-ring (bicyclic) bond motifs is 1. The van der Waals surface area contributed by atoms with Crippen LogP contribution in [0.1, 0.15) is 16.5 Å². The van der Waals surface area contributed by atoms with Crippen molar-refractivity contribution in [1.82, 2.24) is 14.5 Å². The van der Waals surface area contributed by atoms with Crippen LogP contribution in [-0.2, 0) is 0 Å². The number of nitrogen functional groups attached to an aromatic ring is 1. The first-order valence-corrected chi connectivity index (χ1v) is 8.60. The molecule has 4 rings (SSSR count). The van der Waals surface area contributed by atoms with Crippen molar-refractivity contribution in [3.63, 3.8) is 0 Å². The van der Waals surface area contributed by atoms with Crippen molar-refractivity contribution >= 4 is 34.4 Å². The molecular weight excluding hydrogens is 364 g/mol. The van der Waals surface area contributed by atoms with Crippen LogP contribution in [0.3, 0.4) is 0 Å². The van der Waals surface area contributed by atoms with Gasteiger partial charge in [0, 0.05) is 17.1 Å². The minimum atomic E-state index is -1.29. The zero-order chi connectivity index (χ0) is 19.0. The van der Waals surface area contributed by atoms with Crippen molar-refractivity contribution in [3.8, 4) is 11.3 Å². The smallest absolute Gasteiger partial charge is 0.264 e. The van der Waals surface area contributed by atoms with Crippen molar-refractivity contribution in [1.29, 1.82) is 0 Å². The molecule has 0 aliphatic carbocycles. The van der Waals surface area contributed by atoms with E-state index in [-0.39, 0.29) is 5.95 Å². The molecule has 0 spiro atoms. The monoisotopic (exact) mass is 378 g/mol. The molecule has 0 saturated carbocycles. The average Bonchev–Trinajstić information content (AvgIpc) is 3.09. The Kier molecular flexibility index (Phi) is 4.35. The molecule has 7 heteroatoms. The Morgan fingerprint density at radius 3 is 2.59 bits per heavy atom. The summed E-state index contributed by atoms with van der Waals surface area (Å²) in [7, 11) is 0. The highest BCUT2D eigenvalue weighted by molar-refractivity contribution is 6.33. The van der Waals surface area contributed by atoms with E-state index in [4.69, 9.17) is 17.3 Å². The lowest BCUT2D eigenvalue weighted by Crippen LogP contribution is -2.19. The number of halogens is 1. The lowest BCUT2D eigenvalue weighted by Gasteiger charge is -2.11. The summed E-state index contributed by atoms with van der Waals surface area (Å²) in [6.45, 7) is 0. The number of anilines is 1. The summed E-state index contributed by atoms with van der Waals surface area (Å²) in [6, 6.07) is 16.1. The summed E-state index contributed by atoms with van der Waals surface area (Å²) in [5.74, 6) is -0.385. The van der Waals surface area contributed by atoms with Crippen LogP contribution in [0.2, 0.25) is 5.02 Å². The molecule has 0 aliphatic heterocycles. The summed E-state index contributed by atoms with van der Waals surface area (Å²) in [5.41, 5.74) is 7.93. The fraction of sp³-hybridized carbons (Fsp3) is 0.0500. The first-order chi connectivity index (χ1) is 13.1. The van der Waals surface area contributed by atoms with Gasteiger partial charge in [-0.05, 0) is 11.6 Å². The van der Waals surface area contributed by atoms with Crippen molar-refractivity contribution in [2.45, 2.75) is 6.10 Å². The topological polar surface area (TPSA) is 94.0 Å². The van der Waals surface area contributed by atoms with Gasteiger partial charge in [0.15, 0.2) is 6.10 Å². The largest absolute Gasteiger partial charge is 0.378 e. The van der Waals surface area contributed by atoms with E-state index >= 15 is 0 Å². The van der Waals surface area contributed by atoms with Gasteiger partial charge >= 0.3 is 0 Å². The standard InChI is InChI=1S/C20H15ClN4O2/c21-15-10-23-20(22)24-17(15)14-11-25(16-9-5-4-8-13(14)16)19(27)18(26)12-6-2-1-3-7-12/h1-11,18,26H,(H2,22,23,24). The number of carbonyl (C=O) groups is 1. The second kappa shape index (κ2) is 6.83. The number of benzene rings is 2. The maximum absolute atomic E-state index is 13.0. The molecule has 0 saturated heterocycles. The number of carbonyl (C=O) groups excluding carboxylic acids is 1. The molecule has 0 fully saturated rings. The van der Waals surface area contributed by atoms with E-state index in [1.807, 2.05) is 24.3 Å². The van der Waals surface area contributed by atoms with Crippen LogP contribution in [0, 0.1) is 0 Å². The average molecular weight is 379 g/mol. The lowest BCUT2D eigenvalue weighted by atomic mass is 10.1. The minimum Gasteiger partial charge on any atom is -0.378 e. The van der Waals surface area contributed by atoms with Gasteiger partial charge < -0.3 is 10.8 Å². The number of nitrogens with two attached hydrogens (primary N) is 1. The van der Waals surface area contributed by atoms with Gasteiger partial charge in [0.2, 0.25) is 5.95 Å². The van der Waals surface area contributed by atoms with Crippen molar-refractivity contribution in [2.75, 3.05) is 5.73 Å². The highest BCUT2D eigenvalue weighted by Gasteiger charge is 2.23. The van der Waals surface area contributed by atoms with E-state index in [1.54, 1.807) is 36.5 Å². The first kappa shape index (κ1) is 17.2. The number of hydrogen-bond donors (Lipinski definition) is 2. The summed E-state index contributed by atoms with van der Waals surface area (Å²) >= 11 is 6.25. The summed E-state index contributed by atoms with van der Waals surface area (Å²) in [4.78, 5) is 21.1.